The van der Waals surface area contributed by atoms with E-state index in [0.717, 1.165) is 38.4 Å². The number of anilines is 1. The minimum atomic E-state index is -0.158. The molecule has 3 aromatic rings. The summed E-state index contributed by atoms with van der Waals surface area (Å²) in [6, 6.07) is 17.4. The van der Waals surface area contributed by atoms with Crippen LogP contribution in [-0.4, -0.2) is 51.3 Å². The molecule has 28 heavy (non-hydrogen) atoms. The van der Waals surface area contributed by atoms with Crippen LogP contribution in [0, 0.1) is 5.82 Å². The van der Waals surface area contributed by atoms with Gasteiger partial charge in [0.1, 0.15) is 5.82 Å². The molecule has 0 radical (unpaired) electrons. The minimum absolute atomic E-state index is 0.154. The van der Waals surface area contributed by atoms with E-state index in [1.807, 2.05) is 35.0 Å². The number of rotatable bonds is 6. The van der Waals surface area contributed by atoms with Crippen molar-refractivity contribution in [1.29, 1.82) is 0 Å². The molecule has 4 rings (SSSR count). The first kappa shape index (κ1) is 18.6. The number of para-hydroxylation sites is 1. The average molecular weight is 380 g/mol. The molecule has 1 aromatic heterocycles. The normalized spacial score (nSPS) is 16.3. The molecular weight excluding hydrogens is 355 g/mol. The van der Waals surface area contributed by atoms with Crippen molar-refractivity contribution in [3.05, 3.63) is 71.8 Å². The molecule has 0 N–H and O–H groups in total. The fraction of sp³-hybridized carbons (Fsp3) is 0.381. The Morgan fingerprint density at radius 1 is 0.964 bits per heavy atom. The highest BCUT2D eigenvalue weighted by atomic mass is 19.1. The highest BCUT2D eigenvalue weighted by molar-refractivity contribution is 5.48. The Bertz CT molecular complexity index is 889. The second-order valence-corrected chi connectivity index (χ2v) is 7.08. The van der Waals surface area contributed by atoms with E-state index in [-0.39, 0.29) is 11.9 Å². The first-order valence-electron chi connectivity index (χ1n) is 9.79. The highest BCUT2D eigenvalue weighted by Crippen LogP contribution is 2.26. The van der Waals surface area contributed by atoms with E-state index in [1.54, 1.807) is 6.07 Å². The number of nitrogens with zero attached hydrogens (tertiary/aromatic N) is 6. The molecule has 0 amide bonds. The van der Waals surface area contributed by atoms with Crippen molar-refractivity contribution in [3.63, 3.8) is 0 Å². The quantitative estimate of drug-likeness (QED) is 0.658. The Balaban J connectivity index is 1.46. The monoisotopic (exact) mass is 380 g/mol. The van der Waals surface area contributed by atoms with Gasteiger partial charge in [-0.15, -0.1) is 5.10 Å². The first-order chi connectivity index (χ1) is 13.8. The van der Waals surface area contributed by atoms with Crippen molar-refractivity contribution in [2.24, 2.45) is 0 Å². The Morgan fingerprint density at radius 3 is 2.39 bits per heavy atom. The molecule has 2 aromatic carbocycles. The summed E-state index contributed by atoms with van der Waals surface area (Å²) in [4.78, 5) is 4.52. The summed E-state index contributed by atoms with van der Waals surface area (Å²) in [5, 5.41) is 12.5. The summed E-state index contributed by atoms with van der Waals surface area (Å²) in [5.74, 6) is 0.737. The number of benzene rings is 2. The molecule has 0 spiro atoms. The minimum Gasteiger partial charge on any atom is -0.367 e. The zero-order valence-electron chi connectivity index (χ0n) is 16.1. The average Bonchev–Trinajstić information content (AvgIpc) is 3.18. The van der Waals surface area contributed by atoms with E-state index in [0.29, 0.717) is 12.2 Å². The van der Waals surface area contributed by atoms with Crippen LogP contribution in [0.4, 0.5) is 10.1 Å². The number of tetrazole rings is 1. The SMILES string of the molecule is CC[C@H](c1nnnn1Cc1ccccc1)N1CCN(c2ccccc2F)CC1. The first-order valence-corrected chi connectivity index (χ1v) is 9.79. The van der Waals surface area contributed by atoms with E-state index in [9.17, 15) is 4.39 Å². The maximum atomic E-state index is 14.1. The summed E-state index contributed by atoms with van der Waals surface area (Å²) < 4.78 is 16.0. The maximum absolute atomic E-state index is 14.1. The molecular formula is C21H25FN6. The lowest BCUT2D eigenvalue weighted by Gasteiger charge is -2.39. The largest absolute Gasteiger partial charge is 0.367 e. The maximum Gasteiger partial charge on any atom is 0.168 e. The lowest BCUT2D eigenvalue weighted by Crippen LogP contribution is -2.48. The van der Waals surface area contributed by atoms with E-state index in [1.165, 1.54) is 11.6 Å². The van der Waals surface area contributed by atoms with Crippen molar-refractivity contribution >= 4 is 5.69 Å². The van der Waals surface area contributed by atoms with E-state index < -0.39 is 0 Å². The van der Waals surface area contributed by atoms with Crippen LogP contribution < -0.4 is 4.90 Å². The number of halogens is 1. The summed E-state index contributed by atoms with van der Waals surface area (Å²) in [7, 11) is 0. The topological polar surface area (TPSA) is 50.1 Å². The van der Waals surface area contributed by atoms with E-state index in [2.05, 4.69) is 44.4 Å². The predicted molar refractivity (Wildman–Crippen MR) is 107 cm³/mol. The van der Waals surface area contributed by atoms with Crippen LogP contribution in [-0.2, 0) is 6.54 Å². The molecule has 6 nitrogen and oxygen atoms in total. The molecule has 0 aliphatic carbocycles. The van der Waals surface area contributed by atoms with Crippen LogP contribution >= 0.6 is 0 Å². The van der Waals surface area contributed by atoms with Gasteiger partial charge in [0.15, 0.2) is 5.82 Å². The zero-order valence-corrected chi connectivity index (χ0v) is 16.1. The molecule has 1 aliphatic heterocycles. The Kier molecular flexibility index (Phi) is 5.62. The summed E-state index contributed by atoms with van der Waals surface area (Å²) >= 11 is 0. The van der Waals surface area contributed by atoms with Crippen molar-refractivity contribution < 1.29 is 4.39 Å². The van der Waals surface area contributed by atoms with Gasteiger partial charge in [-0.25, -0.2) is 9.07 Å². The predicted octanol–water partition coefficient (Wildman–Crippen LogP) is 3.13. The van der Waals surface area contributed by atoms with Crippen LogP contribution in [0.5, 0.6) is 0 Å². The van der Waals surface area contributed by atoms with Crippen LogP contribution in [0.3, 0.4) is 0 Å². The van der Waals surface area contributed by atoms with Gasteiger partial charge in [-0.2, -0.15) is 0 Å². The van der Waals surface area contributed by atoms with Crippen LogP contribution in [0.2, 0.25) is 0 Å². The summed E-state index contributed by atoms with van der Waals surface area (Å²) in [6.45, 7) is 6.11. The zero-order chi connectivity index (χ0) is 19.3. The van der Waals surface area contributed by atoms with Gasteiger partial charge in [-0.3, -0.25) is 4.90 Å². The lowest BCUT2D eigenvalue weighted by atomic mass is 10.1. The lowest BCUT2D eigenvalue weighted by molar-refractivity contribution is 0.169. The molecule has 1 fully saturated rings. The van der Waals surface area contributed by atoms with Gasteiger partial charge in [-0.1, -0.05) is 49.4 Å². The molecule has 2 heterocycles. The van der Waals surface area contributed by atoms with Crippen molar-refractivity contribution in [1.82, 2.24) is 25.1 Å². The third-order valence-electron chi connectivity index (χ3n) is 5.37. The number of hydrogen-bond donors (Lipinski definition) is 0. The number of piperazine rings is 1. The molecule has 7 heteroatoms. The number of hydrogen-bond acceptors (Lipinski definition) is 5. The van der Waals surface area contributed by atoms with Gasteiger partial charge < -0.3 is 4.90 Å². The van der Waals surface area contributed by atoms with Gasteiger partial charge in [0, 0.05) is 26.2 Å². The molecule has 1 saturated heterocycles. The van der Waals surface area contributed by atoms with Crippen LogP contribution in [0.15, 0.2) is 54.6 Å². The molecule has 0 bridgehead atoms. The fourth-order valence-electron chi connectivity index (χ4n) is 3.91. The number of aromatic nitrogens is 4. The second-order valence-electron chi connectivity index (χ2n) is 7.08. The third kappa shape index (κ3) is 3.89. The van der Waals surface area contributed by atoms with Gasteiger partial charge in [-0.05, 0) is 34.5 Å². The van der Waals surface area contributed by atoms with Crippen LogP contribution in [0.25, 0.3) is 0 Å². The van der Waals surface area contributed by atoms with Crippen molar-refractivity contribution in [3.8, 4) is 0 Å². The molecule has 0 saturated carbocycles. The molecule has 146 valence electrons. The van der Waals surface area contributed by atoms with E-state index >= 15 is 0 Å². The molecule has 1 atom stereocenters. The Labute approximate surface area is 164 Å². The van der Waals surface area contributed by atoms with Gasteiger partial charge >= 0.3 is 0 Å². The fourth-order valence-corrected chi connectivity index (χ4v) is 3.91. The molecule has 0 unspecified atom stereocenters. The van der Waals surface area contributed by atoms with E-state index in [4.69, 9.17) is 0 Å². The van der Waals surface area contributed by atoms with Crippen molar-refractivity contribution in [2.45, 2.75) is 25.9 Å². The van der Waals surface area contributed by atoms with Gasteiger partial charge in [0.05, 0.1) is 18.3 Å². The van der Waals surface area contributed by atoms with Gasteiger partial charge in [0.2, 0.25) is 0 Å². The smallest absolute Gasteiger partial charge is 0.168 e. The molecule has 1 aliphatic rings. The Hall–Kier alpha value is -2.80. The second kappa shape index (κ2) is 8.48. The van der Waals surface area contributed by atoms with Gasteiger partial charge in [0.25, 0.3) is 0 Å². The Morgan fingerprint density at radius 2 is 1.68 bits per heavy atom. The third-order valence-corrected chi connectivity index (χ3v) is 5.37. The standard InChI is InChI=1S/C21H25FN6/c1-2-19(21-23-24-25-28(21)16-17-8-4-3-5-9-17)26-12-14-27(15-13-26)20-11-7-6-10-18(20)22/h3-11,19H,2,12-16H2,1H3/t19-/m1/s1. The highest BCUT2D eigenvalue weighted by Gasteiger charge is 2.28. The summed E-state index contributed by atoms with van der Waals surface area (Å²) in [6.07, 6.45) is 0.925. The summed E-state index contributed by atoms with van der Waals surface area (Å²) in [5.41, 5.74) is 1.86. The van der Waals surface area contributed by atoms with Crippen molar-refractivity contribution in [2.75, 3.05) is 31.1 Å². The van der Waals surface area contributed by atoms with Crippen LogP contribution in [0.1, 0.15) is 30.8 Å².